The summed E-state index contributed by atoms with van der Waals surface area (Å²) in [6.45, 7) is -0.308. The molecule has 3 rings (SSSR count). The van der Waals surface area contributed by atoms with E-state index in [0.29, 0.717) is 16.7 Å². The molecule has 0 aliphatic heterocycles. The molecule has 0 aliphatic carbocycles. The highest BCUT2D eigenvalue weighted by molar-refractivity contribution is 5.99. The van der Waals surface area contributed by atoms with E-state index in [1.54, 1.807) is 11.4 Å². The lowest BCUT2D eigenvalue weighted by molar-refractivity contribution is -0.143. The smallest absolute Gasteiger partial charge is 0.405 e. The summed E-state index contributed by atoms with van der Waals surface area (Å²) in [7, 11) is 0. The molecular formula is C19H15F3N2O4. The van der Waals surface area contributed by atoms with Gasteiger partial charge in [0.25, 0.3) is 5.91 Å². The molecule has 6 nitrogen and oxygen atoms in total. The Bertz CT molecular complexity index is 999. The van der Waals surface area contributed by atoms with Crippen molar-refractivity contribution in [2.24, 2.45) is 0 Å². The first kappa shape index (κ1) is 19.4. The van der Waals surface area contributed by atoms with Gasteiger partial charge in [-0.15, -0.1) is 0 Å². The second-order valence-electron chi connectivity index (χ2n) is 5.99. The van der Waals surface area contributed by atoms with Gasteiger partial charge < -0.3 is 14.6 Å². The molecule has 0 radical (unpaired) electrons. The van der Waals surface area contributed by atoms with Gasteiger partial charge in [-0.1, -0.05) is 35.5 Å². The molecule has 1 heterocycles. The molecule has 1 aromatic heterocycles. The molecule has 0 saturated carbocycles. The highest BCUT2D eigenvalue weighted by Gasteiger charge is 2.29. The van der Waals surface area contributed by atoms with Crippen molar-refractivity contribution in [3.8, 4) is 11.3 Å². The Morgan fingerprint density at radius 2 is 1.89 bits per heavy atom. The number of esters is 1. The molecule has 0 unspecified atom stereocenters. The number of hydrogen-bond donors (Lipinski definition) is 1. The van der Waals surface area contributed by atoms with Crippen molar-refractivity contribution >= 4 is 22.8 Å². The normalized spacial score (nSPS) is 12.6. The molecule has 1 amide bonds. The maximum Gasteiger partial charge on any atom is 0.405 e. The first-order valence-corrected chi connectivity index (χ1v) is 8.25. The van der Waals surface area contributed by atoms with Gasteiger partial charge in [-0.25, -0.2) is 4.79 Å². The number of aromatic nitrogens is 1. The van der Waals surface area contributed by atoms with Crippen LogP contribution in [-0.2, 0) is 9.53 Å². The maximum atomic E-state index is 12.3. The fraction of sp³-hybridized carbons (Fsp3) is 0.211. The number of amides is 1. The number of benzene rings is 2. The Morgan fingerprint density at radius 3 is 2.57 bits per heavy atom. The molecule has 3 aromatic rings. The van der Waals surface area contributed by atoms with Crippen LogP contribution in [0.25, 0.3) is 22.2 Å². The Hall–Kier alpha value is -3.36. The number of hydrogen-bond acceptors (Lipinski definition) is 5. The number of nitrogens with zero attached hydrogens (tertiary/aromatic N) is 1. The summed E-state index contributed by atoms with van der Waals surface area (Å²) in [5.41, 5.74) is 1.39. The molecule has 0 saturated heterocycles. The summed E-state index contributed by atoms with van der Waals surface area (Å²) in [6.07, 6.45) is -5.94. The van der Waals surface area contributed by atoms with Gasteiger partial charge in [-0.3, -0.25) is 4.79 Å². The number of halogens is 3. The van der Waals surface area contributed by atoms with Crippen LogP contribution in [0.15, 0.2) is 53.1 Å². The van der Waals surface area contributed by atoms with Gasteiger partial charge >= 0.3 is 12.1 Å². The summed E-state index contributed by atoms with van der Waals surface area (Å²) in [5, 5.41) is 6.17. The summed E-state index contributed by atoms with van der Waals surface area (Å²) in [5.74, 6) is -1.43. The minimum absolute atomic E-state index is 0.114. The summed E-state index contributed by atoms with van der Waals surface area (Å²) in [4.78, 5) is 24.0. The molecule has 9 heteroatoms. The van der Waals surface area contributed by atoms with E-state index in [4.69, 9.17) is 9.26 Å². The monoisotopic (exact) mass is 392 g/mol. The third kappa shape index (κ3) is 4.48. The molecule has 2 aromatic carbocycles. The number of fused-ring (bicyclic) bond motifs is 1. The van der Waals surface area contributed by atoms with Crippen LogP contribution in [0.1, 0.15) is 17.3 Å². The topological polar surface area (TPSA) is 81.4 Å². The van der Waals surface area contributed by atoms with E-state index >= 15 is 0 Å². The van der Waals surface area contributed by atoms with Crippen LogP contribution in [0.2, 0.25) is 0 Å². The predicted molar refractivity (Wildman–Crippen MR) is 93.4 cm³/mol. The van der Waals surface area contributed by atoms with Gasteiger partial charge in [0.2, 0.25) is 0 Å². The van der Waals surface area contributed by atoms with Gasteiger partial charge in [0.05, 0.1) is 10.9 Å². The number of rotatable bonds is 5. The Labute approximate surface area is 157 Å². The Morgan fingerprint density at radius 1 is 1.18 bits per heavy atom. The van der Waals surface area contributed by atoms with Gasteiger partial charge in [0.15, 0.2) is 11.9 Å². The molecule has 0 fully saturated rings. The molecular weight excluding hydrogens is 377 g/mol. The molecule has 1 N–H and O–H groups in total. The average molecular weight is 392 g/mol. The second kappa shape index (κ2) is 7.71. The molecule has 0 aliphatic rings. The number of carbonyl (C=O) groups is 2. The molecule has 0 bridgehead atoms. The van der Waals surface area contributed by atoms with Crippen LogP contribution < -0.4 is 5.32 Å². The van der Waals surface area contributed by atoms with Gasteiger partial charge in [-0.2, -0.15) is 13.2 Å². The second-order valence-corrected chi connectivity index (χ2v) is 5.99. The van der Waals surface area contributed by atoms with Crippen LogP contribution in [0, 0.1) is 0 Å². The van der Waals surface area contributed by atoms with Crippen molar-refractivity contribution in [1.82, 2.24) is 10.5 Å². The van der Waals surface area contributed by atoms with E-state index in [9.17, 15) is 22.8 Å². The van der Waals surface area contributed by atoms with Gasteiger partial charge in [0, 0.05) is 5.56 Å². The molecule has 0 spiro atoms. The number of alkyl halides is 3. The zero-order valence-corrected chi connectivity index (χ0v) is 14.6. The summed E-state index contributed by atoms with van der Waals surface area (Å²) in [6, 6.07) is 13.6. The van der Waals surface area contributed by atoms with E-state index in [0.717, 1.165) is 5.56 Å². The van der Waals surface area contributed by atoms with E-state index < -0.39 is 30.7 Å². The first-order chi connectivity index (χ1) is 13.2. The average Bonchev–Trinajstić information content (AvgIpc) is 3.09. The molecule has 28 heavy (non-hydrogen) atoms. The fourth-order valence-corrected chi connectivity index (χ4v) is 2.48. The van der Waals surface area contributed by atoms with Gasteiger partial charge in [-0.05, 0) is 25.1 Å². The zero-order chi connectivity index (χ0) is 20.3. The lowest BCUT2D eigenvalue weighted by atomic mass is 10.1. The highest BCUT2D eigenvalue weighted by Crippen LogP contribution is 2.29. The zero-order valence-electron chi connectivity index (χ0n) is 14.6. The quantitative estimate of drug-likeness (QED) is 0.670. The van der Waals surface area contributed by atoms with Crippen LogP contribution in [-0.4, -0.2) is 35.9 Å². The lowest BCUT2D eigenvalue weighted by Crippen LogP contribution is -2.40. The molecule has 146 valence electrons. The van der Waals surface area contributed by atoms with E-state index in [2.05, 4.69) is 5.16 Å². The number of nitrogens with one attached hydrogen (secondary N) is 1. The summed E-state index contributed by atoms with van der Waals surface area (Å²) >= 11 is 0. The minimum atomic E-state index is -4.55. The predicted octanol–water partition coefficient (Wildman–Crippen LogP) is 3.72. The fourth-order valence-electron chi connectivity index (χ4n) is 2.48. The third-order valence-corrected chi connectivity index (χ3v) is 3.86. The molecule has 1 atom stereocenters. The van der Waals surface area contributed by atoms with Crippen molar-refractivity contribution in [3.63, 3.8) is 0 Å². The standard InChI is InChI=1S/C19H15F3N2O4/c1-11(17(25)23-10-19(20,21)22)27-18(26)13-7-8-15-14(9-13)16(28-24-15)12-5-3-2-4-6-12/h2-9,11H,10H2,1H3,(H,23,25)/t11-/m1/s1. The van der Waals surface area contributed by atoms with E-state index in [-0.39, 0.29) is 5.56 Å². The maximum absolute atomic E-state index is 12.3. The SMILES string of the molecule is C[C@@H](OC(=O)c1ccc2noc(-c3ccccc3)c2c1)C(=O)NCC(F)(F)F. The van der Waals surface area contributed by atoms with Crippen LogP contribution >= 0.6 is 0 Å². The highest BCUT2D eigenvalue weighted by atomic mass is 19.4. The number of ether oxygens (including phenoxy) is 1. The van der Waals surface area contributed by atoms with Crippen molar-refractivity contribution in [3.05, 3.63) is 54.1 Å². The Balaban J connectivity index is 1.76. The largest absolute Gasteiger partial charge is 0.449 e. The van der Waals surface area contributed by atoms with Gasteiger partial charge in [0.1, 0.15) is 12.1 Å². The number of carbonyl (C=O) groups excluding carboxylic acids is 2. The van der Waals surface area contributed by atoms with Crippen LogP contribution in [0.5, 0.6) is 0 Å². The minimum Gasteiger partial charge on any atom is -0.449 e. The van der Waals surface area contributed by atoms with Crippen LogP contribution in [0.3, 0.4) is 0 Å². The van der Waals surface area contributed by atoms with Crippen molar-refractivity contribution in [2.45, 2.75) is 19.2 Å². The summed E-state index contributed by atoms with van der Waals surface area (Å²) < 4.78 is 46.8. The third-order valence-electron chi connectivity index (χ3n) is 3.86. The van der Waals surface area contributed by atoms with Crippen molar-refractivity contribution in [1.29, 1.82) is 0 Å². The Kier molecular flexibility index (Phi) is 5.34. The van der Waals surface area contributed by atoms with Crippen molar-refractivity contribution in [2.75, 3.05) is 6.54 Å². The van der Waals surface area contributed by atoms with Crippen LogP contribution in [0.4, 0.5) is 13.2 Å². The lowest BCUT2D eigenvalue weighted by Gasteiger charge is -2.14. The van der Waals surface area contributed by atoms with E-state index in [1.165, 1.54) is 19.1 Å². The first-order valence-electron chi connectivity index (χ1n) is 8.25. The van der Waals surface area contributed by atoms with E-state index in [1.807, 2.05) is 30.3 Å². The van der Waals surface area contributed by atoms with Crippen molar-refractivity contribution < 1.29 is 32.0 Å².